The third-order valence-corrected chi connectivity index (χ3v) is 8.80. The molecule has 1 aliphatic carbocycles. The first kappa shape index (κ1) is 23.0. The summed E-state index contributed by atoms with van der Waals surface area (Å²) in [4.78, 5) is 11.8. The first-order chi connectivity index (χ1) is 16.3. The van der Waals surface area contributed by atoms with Gasteiger partial charge in [0.15, 0.2) is 0 Å². The van der Waals surface area contributed by atoms with Crippen molar-refractivity contribution >= 4 is 48.9 Å². The molecule has 2 atom stereocenters. The van der Waals surface area contributed by atoms with Crippen LogP contribution in [0.3, 0.4) is 0 Å². The maximum atomic E-state index is 12.1. The molecule has 2 aliphatic rings. The summed E-state index contributed by atoms with van der Waals surface area (Å²) in [6.45, 7) is 7.19. The third kappa shape index (κ3) is 4.22. The van der Waals surface area contributed by atoms with E-state index in [4.69, 9.17) is 14.9 Å². The number of morpholine rings is 1. The van der Waals surface area contributed by atoms with Crippen molar-refractivity contribution in [3.05, 3.63) is 64.5 Å². The topological polar surface area (TPSA) is 110 Å². The van der Waals surface area contributed by atoms with Crippen LogP contribution in [0.1, 0.15) is 19.4 Å². The summed E-state index contributed by atoms with van der Waals surface area (Å²) in [5.74, 6) is 0.161. The number of primary sulfonamides is 1. The Kier molecular flexibility index (Phi) is 5.93. The Morgan fingerprint density at radius 3 is 2.68 bits per heavy atom. The average Bonchev–Trinajstić information content (AvgIpc) is 3.25. The zero-order chi connectivity index (χ0) is 23.9. The van der Waals surface area contributed by atoms with Crippen LogP contribution in [0.15, 0.2) is 59.0 Å². The van der Waals surface area contributed by atoms with Crippen LogP contribution in [0.4, 0.5) is 17.3 Å². The maximum Gasteiger partial charge on any atom is 0.234 e. The van der Waals surface area contributed by atoms with Gasteiger partial charge in [0.25, 0.3) is 0 Å². The minimum absolute atomic E-state index is 0.226. The second kappa shape index (κ2) is 8.77. The minimum atomic E-state index is -3.79. The average molecular weight is 498 g/mol. The van der Waals surface area contributed by atoms with Gasteiger partial charge >= 0.3 is 0 Å². The molecule has 1 fully saturated rings. The number of hydrogen-bond donors (Lipinski definition) is 2. The molecule has 5 rings (SSSR count). The summed E-state index contributed by atoms with van der Waals surface area (Å²) >= 11 is 1.55. The van der Waals surface area contributed by atoms with Crippen LogP contribution >= 0.6 is 11.3 Å². The van der Waals surface area contributed by atoms with Crippen molar-refractivity contribution in [2.24, 2.45) is 11.1 Å². The van der Waals surface area contributed by atoms with E-state index < -0.39 is 15.4 Å². The zero-order valence-corrected chi connectivity index (χ0v) is 20.7. The number of ether oxygens (including phenoxy) is 1. The summed E-state index contributed by atoms with van der Waals surface area (Å²) in [7, 11) is -3.79. The van der Waals surface area contributed by atoms with Gasteiger partial charge in [0, 0.05) is 35.8 Å². The van der Waals surface area contributed by atoms with Gasteiger partial charge in [-0.2, -0.15) is 0 Å². The fourth-order valence-corrected chi connectivity index (χ4v) is 6.57. The van der Waals surface area contributed by atoms with E-state index >= 15 is 0 Å². The monoisotopic (exact) mass is 497 g/mol. The molecule has 1 aliphatic heterocycles. The smallest absolute Gasteiger partial charge is 0.234 e. The van der Waals surface area contributed by atoms with Crippen molar-refractivity contribution in [3.8, 4) is 0 Å². The zero-order valence-electron chi connectivity index (χ0n) is 19.1. The fourth-order valence-electron chi connectivity index (χ4n) is 4.57. The van der Waals surface area contributed by atoms with Crippen LogP contribution < -0.4 is 15.4 Å². The van der Waals surface area contributed by atoms with E-state index in [0.29, 0.717) is 5.95 Å². The molecule has 8 nitrogen and oxygen atoms in total. The quantitative estimate of drug-likeness (QED) is 0.550. The SMILES string of the molecule is CC1C(S(N)(=O)=O)=CC=CC1(C)c1csc2cnc(Nc3ccc(N4CCOCC4)cc3)nc12. The van der Waals surface area contributed by atoms with Gasteiger partial charge in [-0.3, -0.25) is 0 Å². The highest BCUT2D eigenvalue weighted by molar-refractivity contribution is 7.93. The standard InChI is InChI=1S/C24H27N5O3S2/c1-16-21(34(25,30)31)4-3-9-24(16,2)19-15-33-20-14-26-23(28-22(19)20)27-17-5-7-18(8-6-17)29-10-12-32-13-11-29/h3-9,14-16H,10-13H2,1-2H3,(H2,25,30,31)(H,26,27,28). The lowest BCUT2D eigenvalue weighted by atomic mass is 9.71. The second-order valence-electron chi connectivity index (χ2n) is 8.80. The molecule has 0 amide bonds. The molecule has 1 aromatic carbocycles. The number of nitrogens with zero attached hydrogens (tertiary/aromatic N) is 3. The highest BCUT2D eigenvalue weighted by atomic mass is 32.2. The summed E-state index contributed by atoms with van der Waals surface area (Å²) in [6, 6.07) is 8.20. The lowest BCUT2D eigenvalue weighted by Crippen LogP contribution is -2.36. The molecule has 3 N–H and O–H groups in total. The van der Waals surface area contributed by atoms with E-state index in [0.717, 1.165) is 53.5 Å². The van der Waals surface area contributed by atoms with E-state index in [1.54, 1.807) is 29.7 Å². The van der Waals surface area contributed by atoms with E-state index in [-0.39, 0.29) is 10.8 Å². The first-order valence-electron chi connectivity index (χ1n) is 11.1. The number of rotatable bonds is 5. The lowest BCUT2D eigenvalue weighted by Gasteiger charge is -2.35. The van der Waals surface area contributed by atoms with Gasteiger partial charge < -0.3 is 15.0 Å². The maximum absolute atomic E-state index is 12.1. The fraction of sp³-hybridized carbons (Fsp3) is 0.333. The Labute approximate surface area is 203 Å². The summed E-state index contributed by atoms with van der Waals surface area (Å²) in [5, 5.41) is 10.8. The Hall–Kier alpha value is -2.79. The molecule has 0 bridgehead atoms. The van der Waals surface area contributed by atoms with Crippen molar-refractivity contribution in [2.75, 3.05) is 36.5 Å². The minimum Gasteiger partial charge on any atom is -0.378 e. The number of allylic oxidation sites excluding steroid dienone is 4. The number of nitrogens with one attached hydrogen (secondary N) is 1. The molecule has 178 valence electrons. The Morgan fingerprint density at radius 1 is 1.24 bits per heavy atom. The van der Waals surface area contributed by atoms with Crippen molar-refractivity contribution in [3.63, 3.8) is 0 Å². The number of hydrogen-bond acceptors (Lipinski definition) is 8. The molecule has 3 heterocycles. The molecule has 3 aromatic rings. The second-order valence-corrected chi connectivity index (χ2v) is 11.3. The van der Waals surface area contributed by atoms with Crippen molar-refractivity contribution in [2.45, 2.75) is 19.3 Å². The largest absolute Gasteiger partial charge is 0.378 e. The molecule has 1 saturated heterocycles. The molecule has 0 spiro atoms. The van der Waals surface area contributed by atoms with Gasteiger partial charge in [-0.15, -0.1) is 11.3 Å². The molecular weight excluding hydrogens is 470 g/mol. The molecule has 0 radical (unpaired) electrons. The van der Waals surface area contributed by atoms with Gasteiger partial charge in [-0.05, 0) is 41.3 Å². The Morgan fingerprint density at radius 2 is 1.97 bits per heavy atom. The van der Waals surface area contributed by atoms with Crippen LogP contribution in [0, 0.1) is 5.92 Å². The van der Waals surface area contributed by atoms with Gasteiger partial charge in [0.2, 0.25) is 16.0 Å². The van der Waals surface area contributed by atoms with E-state index in [1.807, 2.05) is 37.4 Å². The van der Waals surface area contributed by atoms with Crippen LogP contribution in [-0.2, 0) is 20.2 Å². The lowest BCUT2D eigenvalue weighted by molar-refractivity contribution is 0.122. The van der Waals surface area contributed by atoms with Crippen LogP contribution in [-0.4, -0.2) is 44.7 Å². The third-order valence-electron chi connectivity index (χ3n) is 6.75. The number of anilines is 3. The van der Waals surface area contributed by atoms with Crippen molar-refractivity contribution < 1.29 is 13.2 Å². The predicted molar refractivity (Wildman–Crippen MR) is 137 cm³/mol. The molecule has 2 unspecified atom stereocenters. The van der Waals surface area contributed by atoms with Crippen molar-refractivity contribution in [1.29, 1.82) is 0 Å². The van der Waals surface area contributed by atoms with E-state index in [9.17, 15) is 8.42 Å². The number of aromatic nitrogens is 2. The first-order valence-corrected chi connectivity index (χ1v) is 13.5. The van der Waals surface area contributed by atoms with Crippen LogP contribution in [0.25, 0.3) is 10.2 Å². The number of nitrogens with two attached hydrogens (primary N) is 1. The van der Waals surface area contributed by atoms with E-state index in [1.165, 1.54) is 0 Å². The number of fused-ring (bicyclic) bond motifs is 1. The van der Waals surface area contributed by atoms with E-state index in [2.05, 4.69) is 27.3 Å². The summed E-state index contributed by atoms with van der Waals surface area (Å²) < 4.78 is 30.6. The molecule has 2 aromatic heterocycles. The van der Waals surface area contributed by atoms with Crippen LogP contribution in [0.2, 0.25) is 0 Å². The van der Waals surface area contributed by atoms with Gasteiger partial charge in [-0.1, -0.05) is 26.0 Å². The molecule has 34 heavy (non-hydrogen) atoms. The molecular formula is C24H27N5O3S2. The van der Waals surface area contributed by atoms with Crippen LogP contribution in [0.5, 0.6) is 0 Å². The number of thiophene rings is 1. The highest BCUT2D eigenvalue weighted by Crippen LogP contribution is 2.45. The predicted octanol–water partition coefficient (Wildman–Crippen LogP) is 3.91. The highest BCUT2D eigenvalue weighted by Gasteiger charge is 2.40. The summed E-state index contributed by atoms with van der Waals surface area (Å²) in [6.07, 6.45) is 7.17. The Balaban J connectivity index is 1.43. The number of benzene rings is 1. The normalized spacial score (nSPS) is 23.2. The van der Waals surface area contributed by atoms with Gasteiger partial charge in [0.05, 0.1) is 34.5 Å². The summed E-state index contributed by atoms with van der Waals surface area (Å²) in [5.41, 5.74) is 3.25. The van der Waals surface area contributed by atoms with Crippen molar-refractivity contribution in [1.82, 2.24) is 9.97 Å². The molecule has 0 saturated carbocycles. The van der Waals surface area contributed by atoms with Gasteiger partial charge in [0.1, 0.15) is 0 Å². The van der Waals surface area contributed by atoms with Gasteiger partial charge in [-0.25, -0.2) is 23.5 Å². The Bertz CT molecular complexity index is 1380. The molecule has 10 heteroatoms. The number of sulfonamides is 1.